The van der Waals surface area contributed by atoms with Crippen LogP contribution in [0, 0.1) is 15.9 Å². The average molecular weight is 253 g/mol. The molecule has 0 spiro atoms. The van der Waals surface area contributed by atoms with Gasteiger partial charge in [0, 0.05) is 37.3 Å². The van der Waals surface area contributed by atoms with E-state index in [1.165, 1.54) is 12.1 Å². The third-order valence-corrected chi connectivity index (χ3v) is 3.33. The lowest BCUT2D eigenvalue weighted by Crippen LogP contribution is -2.29. The number of hydrogen-bond donors (Lipinski definition) is 1. The van der Waals surface area contributed by atoms with Crippen LogP contribution in [-0.2, 0) is 6.54 Å². The smallest absolute Gasteiger partial charge is 0.305 e. The summed E-state index contributed by atoms with van der Waals surface area (Å²) in [6.07, 6.45) is 1.02. The monoisotopic (exact) mass is 253 g/mol. The molecule has 1 fully saturated rings. The Morgan fingerprint density at radius 2 is 2.39 bits per heavy atom. The van der Waals surface area contributed by atoms with Crippen LogP contribution < -0.4 is 5.32 Å². The van der Waals surface area contributed by atoms with Crippen molar-refractivity contribution in [2.75, 3.05) is 20.1 Å². The highest BCUT2D eigenvalue weighted by molar-refractivity contribution is 5.36. The van der Waals surface area contributed by atoms with Crippen molar-refractivity contribution in [3.8, 4) is 0 Å². The van der Waals surface area contributed by atoms with Gasteiger partial charge in [0.25, 0.3) is 0 Å². The van der Waals surface area contributed by atoms with Gasteiger partial charge in [-0.15, -0.1) is 0 Å². The maximum atomic E-state index is 13.9. The van der Waals surface area contributed by atoms with E-state index in [9.17, 15) is 14.5 Å². The van der Waals surface area contributed by atoms with Gasteiger partial charge in [-0.3, -0.25) is 15.0 Å². The number of hydrogen-bond acceptors (Lipinski definition) is 4. The Hall–Kier alpha value is -1.53. The molecule has 1 atom stereocenters. The van der Waals surface area contributed by atoms with Gasteiger partial charge in [0.05, 0.1) is 4.92 Å². The molecular weight excluding hydrogens is 237 g/mol. The normalized spacial score (nSPS) is 20.2. The molecule has 18 heavy (non-hydrogen) atoms. The maximum Gasteiger partial charge on any atom is 0.305 e. The van der Waals surface area contributed by atoms with E-state index in [4.69, 9.17) is 0 Å². The molecule has 0 aliphatic carbocycles. The number of benzene rings is 1. The minimum atomic E-state index is -0.713. The van der Waals surface area contributed by atoms with E-state index in [1.807, 2.05) is 7.05 Å². The van der Waals surface area contributed by atoms with Crippen molar-refractivity contribution < 1.29 is 9.31 Å². The largest absolute Gasteiger partial charge is 0.316 e. The second-order valence-corrected chi connectivity index (χ2v) is 4.52. The lowest BCUT2D eigenvalue weighted by molar-refractivity contribution is -0.387. The molecule has 1 N–H and O–H groups in total. The molecule has 1 aliphatic rings. The first kappa shape index (κ1) is 12.9. The molecule has 1 heterocycles. The summed E-state index contributed by atoms with van der Waals surface area (Å²) in [5.41, 5.74) is -0.0576. The third kappa shape index (κ3) is 2.65. The van der Waals surface area contributed by atoms with E-state index >= 15 is 0 Å². The van der Waals surface area contributed by atoms with Crippen LogP contribution in [0.25, 0.3) is 0 Å². The first-order valence-corrected chi connectivity index (χ1v) is 5.93. The van der Waals surface area contributed by atoms with Crippen molar-refractivity contribution in [2.45, 2.75) is 19.0 Å². The maximum absolute atomic E-state index is 13.9. The van der Waals surface area contributed by atoms with E-state index in [-0.39, 0.29) is 0 Å². The summed E-state index contributed by atoms with van der Waals surface area (Å²) in [4.78, 5) is 12.1. The molecule has 0 amide bonds. The van der Waals surface area contributed by atoms with Crippen LogP contribution in [0.2, 0.25) is 0 Å². The number of nitrogens with one attached hydrogen (secondary N) is 1. The molecule has 5 nitrogen and oxygen atoms in total. The molecule has 1 saturated heterocycles. The summed E-state index contributed by atoms with van der Waals surface area (Å²) in [5, 5.41) is 13.8. The standard InChI is InChI=1S/C12H16FN3O2/c1-14-10-5-6-15(8-10)7-9-3-2-4-11(12(9)13)16(17)18/h2-4,10,14H,5-8H2,1H3. The molecule has 0 saturated carbocycles. The first-order valence-electron chi connectivity index (χ1n) is 5.93. The Labute approximate surface area is 105 Å². The van der Waals surface area contributed by atoms with Crippen LogP contribution in [0.15, 0.2) is 18.2 Å². The first-order chi connectivity index (χ1) is 8.61. The number of halogens is 1. The molecule has 6 heteroatoms. The van der Waals surface area contributed by atoms with Crippen molar-refractivity contribution in [1.29, 1.82) is 0 Å². The quantitative estimate of drug-likeness (QED) is 0.653. The van der Waals surface area contributed by atoms with Crippen molar-refractivity contribution in [2.24, 2.45) is 0 Å². The fraction of sp³-hybridized carbons (Fsp3) is 0.500. The zero-order chi connectivity index (χ0) is 13.1. The molecular formula is C12H16FN3O2. The van der Waals surface area contributed by atoms with Crippen molar-refractivity contribution in [3.05, 3.63) is 39.7 Å². The van der Waals surface area contributed by atoms with Gasteiger partial charge in [-0.05, 0) is 13.5 Å². The average Bonchev–Trinajstić information content (AvgIpc) is 2.79. The number of nitro groups is 1. The molecule has 1 unspecified atom stereocenters. The third-order valence-electron chi connectivity index (χ3n) is 3.33. The number of rotatable bonds is 4. The zero-order valence-electron chi connectivity index (χ0n) is 10.2. The molecule has 0 aromatic heterocycles. The van der Waals surface area contributed by atoms with Crippen LogP contribution in [0.4, 0.5) is 10.1 Å². The Morgan fingerprint density at radius 3 is 3.00 bits per heavy atom. The minimum Gasteiger partial charge on any atom is -0.316 e. The van der Waals surface area contributed by atoms with Gasteiger partial charge in [-0.2, -0.15) is 4.39 Å². The lowest BCUT2D eigenvalue weighted by Gasteiger charge is -2.16. The number of nitro benzene ring substituents is 1. The van der Waals surface area contributed by atoms with Crippen LogP contribution in [0.5, 0.6) is 0 Å². The van der Waals surface area contributed by atoms with E-state index in [0.29, 0.717) is 18.2 Å². The van der Waals surface area contributed by atoms with E-state index < -0.39 is 16.4 Å². The van der Waals surface area contributed by atoms with E-state index in [0.717, 1.165) is 19.5 Å². The van der Waals surface area contributed by atoms with Crippen LogP contribution in [0.3, 0.4) is 0 Å². The molecule has 1 aromatic rings. The highest BCUT2D eigenvalue weighted by Gasteiger charge is 2.24. The van der Waals surface area contributed by atoms with Crippen LogP contribution in [0.1, 0.15) is 12.0 Å². The summed E-state index contributed by atoms with van der Waals surface area (Å²) in [7, 11) is 1.90. The molecule has 1 aromatic carbocycles. The predicted molar refractivity (Wildman–Crippen MR) is 65.8 cm³/mol. The minimum absolute atomic E-state index is 0.390. The Morgan fingerprint density at radius 1 is 1.61 bits per heavy atom. The fourth-order valence-electron chi connectivity index (χ4n) is 2.28. The summed E-state index contributed by atoms with van der Waals surface area (Å²) >= 11 is 0. The van der Waals surface area contributed by atoms with Gasteiger partial charge in [0.1, 0.15) is 0 Å². The van der Waals surface area contributed by atoms with Gasteiger partial charge >= 0.3 is 5.69 Å². The highest BCUT2D eigenvalue weighted by atomic mass is 19.1. The highest BCUT2D eigenvalue weighted by Crippen LogP contribution is 2.22. The fourth-order valence-corrected chi connectivity index (χ4v) is 2.28. The Balaban J connectivity index is 2.10. The van der Waals surface area contributed by atoms with Crippen molar-refractivity contribution in [1.82, 2.24) is 10.2 Å². The lowest BCUT2D eigenvalue weighted by atomic mass is 10.1. The Kier molecular flexibility index (Phi) is 3.88. The summed E-state index contributed by atoms with van der Waals surface area (Å²) in [5.74, 6) is -0.713. The van der Waals surface area contributed by atoms with Gasteiger partial charge in [-0.25, -0.2) is 0 Å². The second kappa shape index (κ2) is 5.41. The van der Waals surface area contributed by atoms with Crippen molar-refractivity contribution in [3.63, 3.8) is 0 Å². The molecule has 0 bridgehead atoms. The molecule has 98 valence electrons. The SMILES string of the molecule is CNC1CCN(Cc2cccc([N+](=O)[O-])c2F)C1. The number of likely N-dealkylation sites (N-methyl/N-ethyl adjacent to an activating group) is 1. The van der Waals surface area contributed by atoms with Gasteiger partial charge in [0.2, 0.25) is 5.82 Å². The predicted octanol–water partition coefficient (Wildman–Crippen LogP) is 1.53. The summed E-state index contributed by atoms with van der Waals surface area (Å²) < 4.78 is 13.9. The van der Waals surface area contributed by atoms with E-state index in [2.05, 4.69) is 10.2 Å². The molecule has 1 aliphatic heterocycles. The number of nitrogens with zero attached hydrogens (tertiary/aromatic N) is 2. The molecule has 2 rings (SSSR count). The summed E-state index contributed by atoms with van der Waals surface area (Å²) in [6, 6.07) is 4.75. The zero-order valence-corrected chi connectivity index (χ0v) is 10.2. The van der Waals surface area contributed by atoms with Crippen molar-refractivity contribution >= 4 is 5.69 Å². The van der Waals surface area contributed by atoms with Crippen LogP contribution in [-0.4, -0.2) is 36.0 Å². The van der Waals surface area contributed by atoms with Gasteiger partial charge in [-0.1, -0.05) is 12.1 Å². The topological polar surface area (TPSA) is 58.4 Å². The van der Waals surface area contributed by atoms with Crippen LogP contribution >= 0.6 is 0 Å². The summed E-state index contributed by atoms with van der Waals surface area (Å²) in [6.45, 7) is 2.15. The number of likely N-dealkylation sites (tertiary alicyclic amines) is 1. The molecule has 0 radical (unpaired) electrons. The Bertz CT molecular complexity index is 453. The van der Waals surface area contributed by atoms with E-state index in [1.54, 1.807) is 6.07 Å². The van der Waals surface area contributed by atoms with Gasteiger partial charge < -0.3 is 5.32 Å². The van der Waals surface area contributed by atoms with Gasteiger partial charge in [0.15, 0.2) is 0 Å². The second-order valence-electron chi connectivity index (χ2n) is 4.52.